The standard InChI is InChI=1S/C18H28N2OSi/c1-12(2)22(13(3)4,14(5)6)20-11-16(18(19)21)15-9-7-8-10-17(15)20/h7-14H,1-6H3,(H2,19,21). The number of carbonyl (C=O) groups is 1. The van der Waals surface area contributed by atoms with Gasteiger partial charge in [0, 0.05) is 17.1 Å². The Morgan fingerprint density at radius 2 is 1.50 bits per heavy atom. The van der Waals surface area contributed by atoms with Crippen LogP contribution in [-0.2, 0) is 0 Å². The van der Waals surface area contributed by atoms with E-state index in [0.717, 1.165) is 10.9 Å². The molecule has 1 amide bonds. The first-order chi connectivity index (χ1) is 10.2. The Balaban J connectivity index is 2.89. The van der Waals surface area contributed by atoms with Gasteiger partial charge in [0.05, 0.1) is 5.56 Å². The molecule has 0 radical (unpaired) electrons. The van der Waals surface area contributed by atoms with E-state index in [4.69, 9.17) is 5.73 Å². The van der Waals surface area contributed by atoms with Gasteiger partial charge in [-0.2, -0.15) is 0 Å². The highest BCUT2D eigenvalue weighted by Crippen LogP contribution is 2.44. The molecule has 0 spiro atoms. The summed E-state index contributed by atoms with van der Waals surface area (Å²) < 4.78 is 2.45. The molecule has 2 aromatic rings. The van der Waals surface area contributed by atoms with Crippen LogP contribution >= 0.6 is 0 Å². The first-order valence-electron chi connectivity index (χ1n) is 8.14. The molecule has 0 atom stereocenters. The fourth-order valence-electron chi connectivity index (χ4n) is 4.53. The van der Waals surface area contributed by atoms with Crippen LogP contribution in [0.25, 0.3) is 10.9 Å². The Labute approximate surface area is 134 Å². The average molecular weight is 317 g/mol. The molecule has 2 N–H and O–H groups in total. The third kappa shape index (κ3) is 2.30. The number of carbonyl (C=O) groups excluding carboxylic acids is 1. The van der Waals surface area contributed by atoms with Crippen LogP contribution in [0.1, 0.15) is 51.9 Å². The van der Waals surface area contributed by atoms with Crippen LogP contribution in [0.15, 0.2) is 30.5 Å². The van der Waals surface area contributed by atoms with Gasteiger partial charge in [-0.25, -0.2) is 0 Å². The monoisotopic (exact) mass is 316 g/mol. The van der Waals surface area contributed by atoms with Crippen LogP contribution in [0.3, 0.4) is 0 Å². The van der Waals surface area contributed by atoms with E-state index in [1.807, 2.05) is 24.4 Å². The summed E-state index contributed by atoms with van der Waals surface area (Å²) in [6.45, 7) is 13.9. The van der Waals surface area contributed by atoms with E-state index in [1.54, 1.807) is 0 Å². The highest BCUT2D eigenvalue weighted by molar-refractivity contribution is 6.82. The lowest BCUT2D eigenvalue weighted by Gasteiger charge is -2.44. The number of para-hydroxylation sites is 1. The maximum atomic E-state index is 11.9. The molecule has 120 valence electrons. The summed E-state index contributed by atoms with van der Waals surface area (Å²) in [4.78, 5) is 11.9. The normalized spacial score (nSPS) is 12.8. The van der Waals surface area contributed by atoms with E-state index in [-0.39, 0.29) is 5.91 Å². The highest BCUT2D eigenvalue weighted by atomic mass is 28.3. The van der Waals surface area contributed by atoms with E-state index in [9.17, 15) is 4.79 Å². The molecule has 0 aliphatic carbocycles. The second-order valence-corrected chi connectivity index (χ2v) is 12.9. The van der Waals surface area contributed by atoms with Crippen molar-refractivity contribution in [1.82, 2.24) is 4.23 Å². The SMILES string of the molecule is CC(C)[Si](C(C)C)(C(C)C)n1cc(C(N)=O)c2ccccc21. The molecular formula is C18H28N2OSi. The molecule has 1 aromatic heterocycles. The van der Waals surface area contributed by atoms with Gasteiger partial charge < -0.3 is 9.97 Å². The Kier molecular flexibility index (Phi) is 4.52. The number of amides is 1. The maximum Gasteiger partial charge on any atom is 0.250 e. The molecule has 0 aliphatic rings. The van der Waals surface area contributed by atoms with Crippen LogP contribution in [-0.4, -0.2) is 18.4 Å². The molecule has 0 saturated carbocycles. The predicted molar refractivity (Wildman–Crippen MR) is 96.9 cm³/mol. The van der Waals surface area contributed by atoms with Crippen molar-refractivity contribution in [2.24, 2.45) is 5.73 Å². The van der Waals surface area contributed by atoms with Crippen molar-refractivity contribution in [2.75, 3.05) is 0 Å². The fraction of sp³-hybridized carbons (Fsp3) is 0.500. The van der Waals surface area contributed by atoms with E-state index >= 15 is 0 Å². The minimum atomic E-state index is -1.88. The summed E-state index contributed by atoms with van der Waals surface area (Å²) in [7, 11) is -1.88. The van der Waals surface area contributed by atoms with Crippen molar-refractivity contribution in [3.8, 4) is 0 Å². The quantitative estimate of drug-likeness (QED) is 0.794. The van der Waals surface area contributed by atoms with Crippen molar-refractivity contribution < 1.29 is 4.79 Å². The van der Waals surface area contributed by atoms with Gasteiger partial charge in [-0.3, -0.25) is 4.79 Å². The first kappa shape index (κ1) is 16.8. The number of fused-ring (bicyclic) bond motifs is 1. The van der Waals surface area contributed by atoms with Gasteiger partial charge in [0.25, 0.3) is 5.91 Å². The Morgan fingerprint density at radius 3 is 1.95 bits per heavy atom. The minimum absolute atomic E-state index is 0.339. The largest absolute Gasteiger partial charge is 0.373 e. The fourth-order valence-corrected chi connectivity index (χ4v) is 11.2. The van der Waals surface area contributed by atoms with Crippen LogP contribution in [0, 0.1) is 0 Å². The summed E-state index contributed by atoms with van der Waals surface area (Å²) in [5.41, 5.74) is 9.15. The zero-order chi connectivity index (χ0) is 16.7. The molecule has 3 nitrogen and oxygen atoms in total. The summed E-state index contributed by atoms with van der Waals surface area (Å²) in [6.07, 6.45) is 2.03. The van der Waals surface area contributed by atoms with Crippen molar-refractivity contribution >= 4 is 25.0 Å². The predicted octanol–water partition coefficient (Wildman–Crippen LogP) is 4.76. The lowest BCUT2D eigenvalue weighted by atomic mass is 10.2. The van der Waals surface area contributed by atoms with Crippen molar-refractivity contribution in [3.63, 3.8) is 0 Å². The molecule has 4 heteroatoms. The molecule has 0 fully saturated rings. The first-order valence-corrected chi connectivity index (χ1v) is 10.3. The summed E-state index contributed by atoms with van der Waals surface area (Å²) in [6, 6.07) is 8.15. The Morgan fingerprint density at radius 1 is 1.00 bits per heavy atom. The van der Waals surface area contributed by atoms with E-state index in [1.165, 1.54) is 0 Å². The lowest BCUT2D eigenvalue weighted by Crippen LogP contribution is -2.51. The molecule has 2 rings (SSSR count). The molecule has 1 heterocycles. The smallest absolute Gasteiger partial charge is 0.250 e. The molecular weight excluding hydrogens is 288 g/mol. The third-order valence-electron chi connectivity index (χ3n) is 5.17. The van der Waals surface area contributed by atoms with Gasteiger partial charge in [-0.05, 0) is 22.7 Å². The Bertz CT molecular complexity index is 664. The zero-order valence-electron chi connectivity index (χ0n) is 14.6. The number of nitrogens with zero attached hydrogens (tertiary/aromatic N) is 1. The average Bonchev–Trinajstić information content (AvgIpc) is 2.78. The lowest BCUT2D eigenvalue weighted by molar-refractivity contribution is 0.100. The zero-order valence-corrected chi connectivity index (χ0v) is 15.6. The van der Waals surface area contributed by atoms with Gasteiger partial charge >= 0.3 is 0 Å². The molecule has 0 bridgehead atoms. The summed E-state index contributed by atoms with van der Waals surface area (Å²) in [5, 5.41) is 0.980. The molecule has 22 heavy (non-hydrogen) atoms. The van der Waals surface area contributed by atoms with Crippen molar-refractivity contribution in [1.29, 1.82) is 0 Å². The second-order valence-electron chi connectivity index (χ2n) is 7.15. The molecule has 0 saturated heterocycles. The molecule has 0 aliphatic heterocycles. The maximum absolute atomic E-state index is 11.9. The number of aromatic nitrogens is 1. The minimum Gasteiger partial charge on any atom is -0.373 e. The van der Waals surface area contributed by atoms with Crippen LogP contribution in [0.2, 0.25) is 16.6 Å². The summed E-state index contributed by atoms with van der Waals surface area (Å²) in [5.74, 6) is -0.339. The number of rotatable bonds is 5. The number of primary amides is 1. The van der Waals surface area contributed by atoms with Crippen LogP contribution in [0.4, 0.5) is 0 Å². The van der Waals surface area contributed by atoms with Crippen LogP contribution < -0.4 is 5.73 Å². The van der Waals surface area contributed by atoms with Gasteiger partial charge in [0.15, 0.2) is 8.24 Å². The van der Waals surface area contributed by atoms with Gasteiger partial charge in [-0.15, -0.1) is 0 Å². The van der Waals surface area contributed by atoms with Crippen molar-refractivity contribution in [2.45, 2.75) is 58.2 Å². The third-order valence-corrected chi connectivity index (χ3v) is 11.9. The number of nitrogens with two attached hydrogens (primary N) is 1. The van der Waals surface area contributed by atoms with Gasteiger partial charge in [0.2, 0.25) is 0 Å². The number of hydrogen-bond donors (Lipinski definition) is 1. The van der Waals surface area contributed by atoms with Gasteiger partial charge in [-0.1, -0.05) is 59.7 Å². The summed E-state index contributed by atoms with van der Waals surface area (Å²) >= 11 is 0. The topological polar surface area (TPSA) is 48.0 Å². The van der Waals surface area contributed by atoms with Gasteiger partial charge in [0.1, 0.15) is 0 Å². The van der Waals surface area contributed by atoms with Crippen LogP contribution in [0.5, 0.6) is 0 Å². The number of benzene rings is 1. The van der Waals surface area contributed by atoms with Crippen molar-refractivity contribution in [3.05, 3.63) is 36.0 Å². The van der Waals surface area contributed by atoms with E-state index in [0.29, 0.717) is 22.2 Å². The molecule has 1 aromatic carbocycles. The van der Waals surface area contributed by atoms with E-state index < -0.39 is 8.24 Å². The van der Waals surface area contributed by atoms with E-state index in [2.05, 4.69) is 51.8 Å². The highest BCUT2D eigenvalue weighted by Gasteiger charge is 2.46. The Hall–Kier alpha value is -1.55. The number of hydrogen-bond acceptors (Lipinski definition) is 1. The molecule has 0 unspecified atom stereocenters. The second kappa shape index (κ2) is 5.92.